The van der Waals surface area contributed by atoms with Crippen LogP contribution in [0.1, 0.15) is 24.0 Å². The van der Waals surface area contributed by atoms with Gasteiger partial charge >= 0.3 is 12.1 Å². The number of hydrogen-bond acceptors (Lipinski definition) is 5. The molecule has 1 N–H and O–H groups in total. The van der Waals surface area contributed by atoms with Crippen molar-refractivity contribution in [2.75, 3.05) is 50.1 Å². The van der Waals surface area contributed by atoms with E-state index in [4.69, 9.17) is 0 Å². The molecule has 0 aromatic heterocycles. The zero-order valence-corrected chi connectivity index (χ0v) is 18.5. The van der Waals surface area contributed by atoms with Gasteiger partial charge < -0.3 is 15.0 Å². The Bertz CT molecular complexity index is 940. The van der Waals surface area contributed by atoms with Gasteiger partial charge in [0.05, 0.1) is 12.7 Å². The van der Waals surface area contributed by atoms with Gasteiger partial charge in [0.25, 0.3) is 0 Å². The smallest absolute Gasteiger partial charge is 0.416 e. The van der Waals surface area contributed by atoms with Gasteiger partial charge in [0.1, 0.15) is 0 Å². The lowest BCUT2D eigenvalue weighted by atomic mass is 10.1. The Labute approximate surface area is 191 Å². The number of esters is 1. The zero-order chi connectivity index (χ0) is 23.8. The van der Waals surface area contributed by atoms with Gasteiger partial charge in [-0.1, -0.05) is 18.2 Å². The summed E-state index contributed by atoms with van der Waals surface area (Å²) < 4.78 is 43.5. The van der Waals surface area contributed by atoms with Gasteiger partial charge in [-0.3, -0.25) is 14.5 Å². The second-order valence-electron chi connectivity index (χ2n) is 7.95. The van der Waals surface area contributed by atoms with Crippen LogP contribution in [-0.4, -0.2) is 56.6 Å². The summed E-state index contributed by atoms with van der Waals surface area (Å²) in [7, 11) is 1.36. The molecule has 1 fully saturated rings. The number of aryl methyl sites for hydroxylation is 1. The Hall–Kier alpha value is -3.07. The summed E-state index contributed by atoms with van der Waals surface area (Å²) in [5.74, 6) is -0.361. The molecule has 1 saturated heterocycles. The molecule has 1 heterocycles. The van der Waals surface area contributed by atoms with Crippen LogP contribution < -0.4 is 10.2 Å². The van der Waals surface area contributed by atoms with Crippen molar-refractivity contribution in [1.29, 1.82) is 0 Å². The molecule has 0 spiro atoms. The monoisotopic (exact) mass is 463 g/mol. The van der Waals surface area contributed by atoms with Crippen molar-refractivity contribution in [2.45, 2.75) is 25.4 Å². The molecular formula is C24H28F3N3O3. The fraction of sp³-hybridized carbons (Fsp3) is 0.417. The minimum atomic E-state index is -4.35. The van der Waals surface area contributed by atoms with Gasteiger partial charge in [-0.25, -0.2) is 0 Å². The molecule has 6 nitrogen and oxygen atoms in total. The third kappa shape index (κ3) is 7.49. The molecule has 3 rings (SSSR count). The molecule has 0 radical (unpaired) electrons. The highest BCUT2D eigenvalue weighted by Gasteiger charge is 2.31. The van der Waals surface area contributed by atoms with Crippen LogP contribution in [0.4, 0.5) is 24.5 Å². The maximum Gasteiger partial charge on any atom is 0.416 e. The minimum absolute atomic E-state index is 0.0994. The summed E-state index contributed by atoms with van der Waals surface area (Å²) in [5, 5.41) is 2.87. The van der Waals surface area contributed by atoms with E-state index < -0.39 is 11.7 Å². The van der Waals surface area contributed by atoms with Gasteiger partial charge in [-0.15, -0.1) is 0 Å². The number of amides is 1. The molecule has 0 unspecified atom stereocenters. The van der Waals surface area contributed by atoms with Gasteiger partial charge in [-0.2, -0.15) is 13.2 Å². The molecular weight excluding hydrogens is 435 g/mol. The van der Waals surface area contributed by atoms with Crippen LogP contribution in [0.5, 0.6) is 0 Å². The van der Waals surface area contributed by atoms with E-state index in [1.165, 1.54) is 19.2 Å². The summed E-state index contributed by atoms with van der Waals surface area (Å²) in [5.41, 5.74) is 1.60. The van der Waals surface area contributed by atoms with Crippen molar-refractivity contribution in [1.82, 2.24) is 4.90 Å². The van der Waals surface area contributed by atoms with Crippen LogP contribution >= 0.6 is 0 Å². The number of ether oxygens (including phenoxy) is 1. The molecule has 0 atom stereocenters. The van der Waals surface area contributed by atoms with Crippen LogP contribution in [0.15, 0.2) is 48.5 Å². The number of rotatable bonds is 8. The number of benzene rings is 2. The lowest BCUT2D eigenvalue weighted by Gasteiger charge is -2.36. The number of methoxy groups -OCH3 is 1. The zero-order valence-electron chi connectivity index (χ0n) is 18.5. The summed E-state index contributed by atoms with van der Waals surface area (Å²) in [6.45, 7) is 3.16. The quantitative estimate of drug-likeness (QED) is 0.601. The highest BCUT2D eigenvalue weighted by Crippen LogP contribution is 2.31. The molecule has 0 bridgehead atoms. The fourth-order valence-electron chi connectivity index (χ4n) is 3.69. The van der Waals surface area contributed by atoms with Crippen molar-refractivity contribution in [3.63, 3.8) is 0 Å². The van der Waals surface area contributed by atoms with E-state index in [1.54, 1.807) is 18.2 Å². The van der Waals surface area contributed by atoms with E-state index in [0.717, 1.165) is 11.6 Å². The maximum atomic E-state index is 12.9. The van der Waals surface area contributed by atoms with E-state index in [-0.39, 0.29) is 11.9 Å². The van der Waals surface area contributed by atoms with Crippen molar-refractivity contribution < 1.29 is 27.5 Å². The minimum Gasteiger partial charge on any atom is -0.469 e. The lowest BCUT2D eigenvalue weighted by molar-refractivity contribution is -0.140. The number of alkyl halides is 3. The van der Waals surface area contributed by atoms with Crippen molar-refractivity contribution in [2.24, 2.45) is 0 Å². The van der Waals surface area contributed by atoms with E-state index >= 15 is 0 Å². The van der Waals surface area contributed by atoms with Crippen LogP contribution in [0.25, 0.3) is 0 Å². The molecule has 0 aliphatic carbocycles. The summed E-state index contributed by atoms with van der Waals surface area (Å²) >= 11 is 0. The van der Waals surface area contributed by atoms with Crippen molar-refractivity contribution in [3.8, 4) is 0 Å². The largest absolute Gasteiger partial charge is 0.469 e. The van der Waals surface area contributed by atoms with Gasteiger partial charge in [-0.05, 0) is 42.3 Å². The second kappa shape index (κ2) is 11.2. The van der Waals surface area contributed by atoms with Crippen LogP contribution in [0.2, 0.25) is 0 Å². The Kier molecular flexibility index (Phi) is 8.32. The number of carbonyl (C=O) groups excluding carboxylic acids is 2. The first-order valence-corrected chi connectivity index (χ1v) is 10.8. The standard InChI is InChI=1S/C24H28F3N3O3/c1-33-23(32)10-7-18-5-8-20(9-6-18)28-22(31)11-12-29-13-15-30(16-14-29)21-4-2-3-19(17-21)24(25,26)27/h2-6,8-9,17H,7,10-16H2,1H3,(H,28,31). The van der Waals surface area contributed by atoms with E-state index in [2.05, 4.69) is 15.0 Å². The number of nitrogens with zero attached hydrogens (tertiary/aromatic N) is 2. The van der Waals surface area contributed by atoms with Gasteiger partial charge in [0.2, 0.25) is 5.91 Å². The number of carbonyl (C=O) groups is 2. The lowest BCUT2D eigenvalue weighted by Crippen LogP contribution is -2.47. The highest BCUT2D eigenvalue weighted by molar-refractivity contribution is 5.90. The van der Waals surface area contributed by atoms with Crippen molar-refractivity contribution in [3.05, 3.63) is 59.7 Å². The first-order chi connectivity index (χ1) is 15.7. The number of piperazine rings is 1. The first-order valence-electron chi connectivity index (χ1n) is 10.8. The average Bonchev–Trinajstić information content (AvgIpc) is 2.82. The van der Waals surface area contributed by atoms with E-state index in [9.17, 15) is 22.8 Å². The third-order valence-corrected chi connectivity index (χ3v) is 5.65. The predicted molar refractivity (Wildman–Crippen MR) is 120 cm³/mol. The first kappa shape index (κ1) is 24.6. The molecule has 1 amide bonds. The molecule has 9 heteroatoms. The molecule has 1 aliphatic heterocycles. The van der Waals surface area contributed by atoms with E-state index in [1.807, 2.05) is 17.0 Å². The number of anilines is 2. The fourth-order valence-corrected chi connectivity index (χ4v) is 3.69. The predicted octanol–water partition coefficient (Wildman–Crippen LogP) is 3.96. The maximum absolute atomic E-state index is 12.9. The Morgan fingerprint density at radius 1 is 1.00 bits per heavy atom. The molecule has 2 aromatic rings. The Morgan fingerprint density at radius 2 is 1.70 bits per heavy atom. The second-order valence-corrected chi connectivity index (χ2v) is 7.95. The summed E-state index contributed by atoms with van der Waals surface area (Å²) in [4.78, 5) is 27.6. The van der Waals surface area contributed by atoms with Crippen LogP contribution in [0, 0.1) is 0 Å². The SMILES string of the molecule is COC(=O)CCc1ccc(NC(=O)CCN2CCN(c3cccc(C(F)(F)F)c3)CC2)cc1. The summed E-state index contributed by atoms with van der Waals surface area (Å²) in [6.07, 6.45) is -3.14. The van der Waals surface area contributed by atoms with Crippen LogP contribution in [-0.2, 0) is 26.9 Å². The number of nitrogens with one attached hydrogen (secondary N) is 1. The number of hydrogen-bond donors (Lipinski definition) is 1. The highest BCUT2D eigenvalue weighted by atomic mass is 19.4. The third-order valence-electron chi connectivity index (χ3n) is 5.65. The molecule has 178 valence electrons. The molecule has 0 saturated carbocycles. The van der Waals surface area contributed by atoms with Gasteiger partial charge in [0, 0.05) is 56.9 Å². The normalized spacial score (nSPS) is 14.7. The molecule has 33 heavy (non-hydrogen) atoms. The average molecular weight is 464 g/mol. The van der Waals surface area contributed by atoms with Gasteiger partial charge in [0.15, 0.2) is 0 Å². The Balaban J connectivity index is 1.40. The molecule has 1 aliphatic rings. The topological polar surface area (TPSA) is 61.9 Å². The van der Waals surface area contributed by atoms with Crippen molar-refractivity contribution >= 4 is 23.3 Å². The Morgan fingerprint density at radius 3 is 2.33 bits per heavy atom. The van der Waals surface area contributed by atoms with Crippen LogP contribution in [0.3, 0.4) is 0 Å². The summed E-state index contributed by atoms with van der Waals surface area (Å²) in [6, 6.07) is 12.7. The number of halogens is 3. The van der Waals surface area contributed by atoms with E-state index in [0.29, 0.717) is 63.4 Å². The molecule has 2 aromatic carbocycles.